The maximum absolute atomic E-state index is 6.50. The molecule has 0 saturated carbocycles. The summed E-state index contributed by atoms with van der Waals surface area (Å²) in [5.41, 5.74) is 8.73. The summed E-state index contributed by atoms with van der Waals surface area (Å²) >= 11 is 0. The molecule has 2 aromatic carbocycles. The minimum absolute atomic E-state index is 0.0283. The van der Waals surface area contributed by atoms with Gasteiger partial charge in [-0.25, -0.2) is 9.13 Å². The van der Waals surface area contributed by atoms with Gasteiger partial charge >= 0.3 is 0 Å². The molecule has 5 rings (SSSR count). The van der Waals surface area contributed by atoms with E-state index in [-0.39, 0.29) is 10.8 Å². The molecule has 0 amide bonds. The lowest BCUT2D eigenvalue weighted by molar-refractivity contribution is -0.659. The zero-order valence-corrected chi connectivity index (χ0v) is 22.4. The Kier molecular flexibility index (Phi) is 5.21. The summed E-state index contributed by atoms with van der Waals surface area (Å²) in [6.45, 7) is 15.6. The summed E-state index contributed by atoms with van der Waals surface area (Å²) in [5, 5.41) is 2.25. The highest BCUT2D eigenvalue weighted by atomic mass is 16.3. The molecule has 0 unspecified atom stereocenters. The first-order valence-corrected chi connectivity index (χ1v) is 12.4. The summed E-state index contributed by atoms with van der Waals surface area (Å²) in [6.07, 6.45) is 4.16. The molecule has 5 aromatic rings. The van der Waals surface area contributed by atoms with Crippen LogP contribution in [0.15, 0.2) is 59.3 Å². The highest BCUT2D eigenvalue weighted by molar-refractivity contribution is 6.10. The van der Waals surface area contributed by atoms with E-state index in [4.69, 9.17) is 9.40 Å². The van der Waals surface area contributed by atoms with Crippen molar-refractivity contribution in [3.63, 3.8) is 0 Å². The molecular formula is C31H36N3O+. The zero-order valence-electron chi connectivity index (χ0n) is 22.4. The molecule has 0 fully saturated rings. The van der Waals surface area contributed by atoms with Gasteiger partial charge in [0.1, 0.15) is 23.5 Å². The predicted octanol–water partition coefficient (Wildman–Crippen LogP) is 7.38. The summed E-state index contributed by atoms with van der Waals surface area (Å²) in [7, 11) is 4.16. The van der Waals surface area contributed by atoms with Crippen LogP contribution in [0.1, 0.15) is 58.4 Å². The van der Waals surface area contributed by atoms with Gasteiger partial charge in [-0.05, 0) is 53.8 Å². The maximum atomic E-state index is 6.50. The fraction of sp³-hybridized carbons (Fsp3) is 0.355. The quantitative estimate of drug-likeness (QED) is 0.254. The van der Waals surface area contributed by atoms with E-state index >= 15 is 0 Å². The first-order chi connectivity index (χ1) is 16.3. The molecule has 0 spiro atoms. The van der Waals surface area contributed by atoms with Gasteiger partial charge < -0.3 is 4.42 Å². The van der Waals surface area contributed by atoms with Crippen LogP contribution in [-0.2, 0) is 24.9 Å². The lowest BCUT2D eigenvalue weighted by Gasteiger charge is -2.25. The van der Waals surface area contributed by atoms with E-state index in [1.54, 1.807) is 0 Å². The van der Waals surface area contributed by atoms with Gasteiger partial charge in [0, 0.05) is 27.4 Å². The van der Waals surface area contributed by atoms with E-state index in [1.807, 2.05) is 0 Å². The van der Waals surface area contributed by atoms with Gasteiger partial charge in [-0.2, -0.15) is 0 Å². The smallest absolute Gasteiger partial charge is 0.292 e. The largest absolute Gasteiger partial charge is 0.455 e. The summed E-state index contributed by atoms with van der Waals surface area (Å²) < 4.78 is 10.8. The van der Waals surface area contributed by atoms with E-state index in [9.17, 15) is 0 Å². The van der Waals surface area contributed by atoms with Gasteiger partial charge in [0.15, 0.2) is 5.58 Å². The van der Waals surface area contributed by atoms with Crippen LogP contribution in [0.5, 0.6) is 0 Å². The van der Waals surface area contributed by atoms with Gasteiger partial charge in [-0.15, -0.1) is 0 Å². The number of aryl methyl sites for hydroxylation is 3. The minimum atomic E-state index is -0.0283. The van der Waals surface area contributed by atoms with Gasteiger partial charge in [-0.3, -0.25) is 4.98 Å². The average Bonchev–Trinajstić information content (AvgIpc) is 3.31. The fourth-order valence-corrected chi connectivity index (χ4v) is 4.81. The van der Waals surface area contributed by atoms with Crippen molar-refractivity contribution in [1.29, 1.82) is 0 Å². The molecule has 4 heteroatoms. The third-order valence-corrected chi connectivity index (χ3v) is 7.01. The van der Waals surface area contributed by atoms with Crippen LogP contribution < -0.4 is 4.57 Å². The first kappa shape index (κ1) is 23.3. The fourth-order valence-electron chi connectivity index (χ4n) is 4.81. The molecule has 0 aliphatic heterocycles. The number of hydrogen-bond acceptors (Lipinski definition) is 2. The van der Waals surface area contributed by atoms with E-state index < -0.39 is 0 Å². The van der Waals surface area contributed by atoms with Crippen molar-refractivity contribution in [2.45, 2.75) is 59.3 Å². The zero-order chi connectivity index (χ0) is 25.3. The van der Waals surface area contributed by atoms with E-state index in [1.165, 1.54) is 11.1 Å². The Morgan fingerprint density at radius 3 is 2.26 bits per heavy atom. The Bertz CT molecular complexity index is 1530. The van der Waals surface area contributed by atoms with Crippen molar-refractivity contribution in [3.05, 3.63) is 71.7 Å². The van der Waals surface area contributed by atoms with Crippen molar-refractivity contribution in [3.8, 4) is 22.6 Å². The van der Waals surface area contributed by atoms with Crippen LogP contribution in [0, 0.1) is 6.92 Å². The molecular weight excluding hydrogens is 430 g/mol. The molecule has 3 heterocycles. The predicted molar refractivity (Wildman–Crippen MR) is 145 cm³/mol. The number of fused-ring (bicyclic) bond motifs is 3. The number of aromatic nitrogens is 3. The van der Waals surface area contributed by atoms with E-state index in [2.05, 4.69) is 127 Å². The number of furan rings is 1. The summed E-state index contributed by atoms with van der Waals surface area (Å²) in [5.74, 6) is 1.13. The highest BCUT2D eigenvalue weighted by Crippen LogP contribution is 2.39. The molecule has 0 radical (unpaired) electrons. The molecule has 4 nitrogen and oxygen atoms in total. The topological polar surface area (TPSA) is 34.8 Å². The Balaban J connectivity index is 1.76. The van der Waals surface area contributed by atoms with Crippen LogP contribution in [0.25, 0.3) is 44.6 Å². The monoisotopic (exact) mass is 466 g/mol. The van der Waals surface area contributed by atoms with Crippen molar-refractivity contribution >= 4 is 21.9 Å². The van der Waals surface area contributed by atoms with Crippen LogP contribution in [-0.4, -0.2) is 9.55 Å². The second-order valence-corrected chi connectivity index (χ2v) is 11.9. The number of hydrogen-bond donors (Lipinski definition) is 0. The van der Waals surface area contributed by atoms with Gasteiger partial charge in [0.25, 0.3) is 5.82 Å². The minimum Gasteiger partial charge on any atom is -0.455 e. The van der Waals surface area contributed by atoms with Gasteiger partial charge in [-0.1, -0.05) is 53.7 Å². The number of benzene rings is 2. The van der Waals surface area contributed by atoms with Crippen LogP contribution in [0.3, 0.4) is 0 Å². The average molecular weight is 467 g/mol. The molecule has 0 aliphatic rings. The lowest BCUT2D eigenvalue weighted by atomic mass is 9.82. The molecule has 35 heavy (non-hydrogen) atoms. The molecule has 0 aliphatic carbocycles. The molecule has 180 valence electrons. The van der Waals surface area contributed by atoms with Gasteiger partial charge in [0.2, 0.25) is 0 Å². The Morgan fingerprint density at radius 1 is 0.886 bits per heavy atom. The third-order valence-electron chi connectivity index (χ3n) is 7.01. The molecule has 0 atom stereocenters. The number of rotatable bonds is 2. The van der Waals surface area contributed by atoms with Crippen LogP contribution >= 0.6 is 0 Å². The number of pyridine rings is 1. The molecule has 3 aromatic heterocycles. The summed E-state index contributed by atoms with van der Waals surface area (Å²) in [6, 6.07) is 15.4. The third kappa shape index (κ3) is 3.95. The Hall–Kier alpha value is -3.40. The lowest BCUT2D eigenvalue weighted by Crippen LogP contribution is -2.29. The van der Waals surface area contributed by atoms with Crippen LogP contribution in [0.4, 0.5) is 0 Å². The first-order valence-electron chi connectivity index (χ1n) is 12.4. The van der Waals surface area contributed by atoms with Crippen molar-refractivity contribution in [2.24, 2.45) is 14.1 Å². The van der Waals surface area contributed by atoms with Gasteiger partial charge in [0.05, 0.1) is 19.8 Å². The second kappa shape index (κ2) is 7.81. The number of imidazole rings is 1. The molecule has 0 saturated heterocycles. The number of nitrogens with zero attached hydrogens (tertiary/aromatic N) is 3. The highest BCUT2D eigenvalue weighted by Gasteiger charge is 2.25. The van der Waals surface area contributed by atoms with Crippen molar-refractivity contribution in [2.75, 3.05) is 0 Å². The van der Waals surface area contributed by atoms with Crippen molar-refractivity contribution in [1.82, 2.24) is 9.55 Å². The Morgan fingerprint density at radius 2 is 1.63 bits per heavy atom. The second-order valence-electron chi connectivity index (χ2n) is 11.9. The normalized spacial score (nSPS) is 12.7. The maximum Gasteiger partial charge on any atom is 0.292 e. The molecule has 0 bridgehead atoms. The standard InChI is InChI=1S/C31H36N3O/c1-19-10-12-22-23-16-20(24-17-21(30(2,3)4)18-26(32-24)31(5,6)7)11-13-25(23)35-28(22)27(19)29-33(8)14-15-34(29)9/h10-18H,1-9H3/q+1. The van der Waals surface area contributed by atoms with E-state index in [0.29, 0.717) is 0 Å². The van der Waals surface area contributed by atoms with Crippen molar-refractivity contribution < 1.29 is 8.98 Å². The SMILES string of the molecule is Cc1ccc2c(oc3ccc(-c4cc(C(C)(C)C)cc(C(C)(C)C)n4)cc32)c1-c1n(C)cc[n+]1C. The Labute approximate surface area is 208 Å². The van der Waals surface area contributed by atoms with E-state index in [0.717, 1.165) is 50.3 Å². The summed E-state index contributed by atoms with van der Waals surface area (Å²) in [4.78, 5) is 5.12. The molecule has 0 N–H and O–H groups in total. The van der Waals surface area contributed by atoms with Crippen LogP contribution in [0.2, 0.25) is 0 Å².